The van der Waals surface area contributed by atoms with E-state index in [1.807, 2.05) is 18.2 Å². The zero-order chi connectivity index (χ0) is 10.3. The molecule has 0 N–H and O–H groups in total. The average molecular weight is 204 g/mol. The van der Waals surface area contributed by atoms with Crippen molar-refractivity contribution in [3.63, 3.8) is 0 Å². The van der Waals surface area contributed by atoms with E-state index < -0.39 is 0 Å². The highest BCUT2D eigenvalue weighted by molar-refractivity contribution is 5.60. The number of fused-ring (bicyclic) bond motifs is 1. The van der Waals surface area contributed by atoms with Crippen molar-refractivity contribution >= 4 is 0 Å². The molecule has 1 aromatic heterocycles. The van der Waals surface area contributed by atoms with Gasteiger partial charge in [-0.15, -0.1) is 10.2 Å². The van der Waals surface area contributed by atoms with Crippen LogP contribution in [0, 0.1) is 0 Å². The fourth-order valence-electron chi connectivity index (χ4n) is 1.44. The molecule has 0 spiro atoms. The minimum atomic E-state index is 0.271. The molecular weight excluding hydrogens is 196 g/mol. The van der Waals surface area contributed by atoms with Crippen LogP contribution in [0.1, 0.15) is 0 Å². The summed E-state index contributed by atoms with van der Waals surface area (Å²) in [5, 5.41) is 11.8. The van der Waals surface area contributed by atoms with Crippen molar-refractivity contribution in [1.82, 2.24) is 20.2 Å². The maximum absolute atomic E-state index is 5.26. The fourth-order valence-corrected chi connectivity index (χ4v) is 1.44. The first-order chi connectivity index (χ1) is 7.33. The first-order valence-corrected chi connectivity index (χ1v) is 4.47. The highest BCUT2D eigenvalue weighted by Gasteiger charge is 2.15. The molecule has 0 saturated carbocycles. The molecular formula is C9H8N4O2. The molecule has 6 nitrogen and oxygen atoms in total. The summed E-state index contributed by atoms with van der Waals surface area (Å²) < 4.78 is 10.5. The molecule has 0 aliphatic carbocycles. The summed E-state index contributed by atoms with van der Waals surface area (Å²) >= 11 is 0. The van der Waals surface area contributed by atoms with Crippen molar-refractivity contribution in [2.24, 2.45) is 7.05 Å². The number of benzene rings is 1. The van der Waals surface area contributed by atoms with Gasteiger partial charge >= 0.3 is 0 Å². The SMILES string of the molecule is Cn1nnc(-c2ccc3c(c2)OCO3)n1. The topological polar surface area (TPSA) is 62.1 Å². The Labute approximate surface area is 85.4 Å². The zero-order valence-electron chi connectivity index (χ0n) is 8.04. The molecule has 15 heavy (non-hydrogen) atoms. The number of hydrogen-bond acceptors (Lipinski definition) is 5. The van der Waals surface area contributed by atoms with Crippen LogP contribution in [-0.2, 0) is 7.05 Å². The molecule has 0 amide bonds. The van der Waals surface area contributed by atoms with E-state index in [1.165, 1.54) is 4.80 Å². The van der Waals surface area contributed by atoms with E-state index >= 15 is 0 Å². The third-order valence-electron chi connectivity index (χ3n) is 2.14. The van der Waals surface area contributed by atoms with Gasteiger partial charge in [-0.3, -0.25) is 0 Å². The number of nitrogens with zero attached hydrogens (tertiary/aromatic N) is 4. The van der Waals surface area contributed by atoms with Crippen LogP contribution in [0.25, 0.3) is 11.4 Å². The standard InChI is InChI=1S/C9H8N4O2/c1-13-11-9(10-12-13)6-2-3-7-8(4-6)15-5-14-7/h2-4H,5H2,1H3. The Morgan fingerprint density at radius 1 is 1.27 bits per heavy atom. The molecule has 3 rings (SSSR count). The van der Waals surface area contributed by atoms with Crippen molar-refractivity contribution in [3.05, 3.63) is 18.2 Å². The Bertz CT molecular complexity index is 509. The molecule has 0 saturated heterocycles. The lowest BCUT2D eigenvalue weighted by Crippen LogP contribution is -1.93. The molecule has 0 atom stereocenters. The number of tetrazole rings is 1. The maximum Gasteiger partial charge on any atom is 0.231 e. The summed E-state index contributed by atoms with van der Waals surface area (Å²) in [6.07, 6.45) is 0. The van der Waals surface area contributed by atoms with Crippen LogP contribution in [0.3, 0.4) is 0 Å². The van der Waals surface area contributed by atoms with Crippen LogP contribution in [0.5, 0.6) is 11.5 Å². The van der Waals surface area contributed by atoms with Gasteiger partial charge in [0, 0.05) is 5.56 Å². The summed E-state index contributed by atoms with van der Waals surface area (Å²) in [7, 11) is 1.73. The lowest BCUT2D eigenvalue weighted by Gasteiger charge is -1.97. The van der Waals surface area contributed by atoms with Gasteiger partial charge in [0.25, 0.3) is 0 Å². The molecule has 1 aliphatic rings. The van der Waals surface area contributed by atoms with Crippen molar-refractivity contribution in [2.45, 2.75) is 0 Å². The van der Waals surface area contributed by atoms with Crippen LogP contribution in [0.4, 0.5) is 0 Å². The van der Waals surface area contributed by atoms with Crippen molar-refractivity contribution in [2.75, 3.05) is 6.79 Å². The molecule has 2 aromatic rings. The van der Waals surface area contributed by atoms with Gasteiger partial charge in [-0.2, -0.15) is 4.80 Å². The molecule has 6 heteroatoms. The van der Waals surface area contributed by atoms with Crippen LogP contribution >= 0.6 is 0 Å². The number of hydrogen-bond donors (Lipinski definition) is 0. The number of rotatable bonds is 1. The molecule has 1 aliphatic heterocycles. The molecule has 76 valence electrons. The minimum Gasteiger partial charge on any atom is -0.454 e. The van der Waals surface area contributed by atoms with E-state index in [-0.39, 0.29) is 6.79 Å². The maximum atomic E-state index is 5.26. The van der Waals surface area contributed by atoms with Gasteiger partial charge in [-0.05, 0) is 23.4 Å². The Morgan fingerprint density at radius 3 is 2.93 bits per heavy atom. The quantitative estimate of drug-likeness (QED) is 0.680. The molecule has 0 radical (unpaired) electrons. The molecule has 0 unspecified atom stereocenters. The van der Waals surface area contributed by atoms with Gasteiger partial charge in [0.1, 0.15) is 0 Å². The predicted molar refractivity (Wildman–Crippen MR) is 50.4 cm³/mol. The normalized spacial score (nSPS) is 13.1. The minimum absolute atomic E-state index is 0.271. The predicted octanol–water partition coefficient (Wildman–Crippen LogP) is 0.606. The Balaban J connectivity index is 2.06. The van der Waals surface area contributed by atoms with Gasteiger partial charge in [-0.1, -0.05) is 0 Å². The molecule has 2 heterocycles. The Morgan fingerprint density at radius 2 is 2.13 bits per heavy atom. The highest BCUT2D eigenvalue weighted by atomic mass is 16.7. The number of ether oxygens (including phenoxy) is 2. The van der Waals surface area contributed by atoms with Crippen LogP contribution in [-0.4, -0.2) is 27.0 Å². The van der Waals surface area contributed by atoms with E-state index in [2.05, 4.69) is 15.4 Å². The average Bonchev–Trinajstić information content (AvgIpc) is 2.84. The summed E-state index contributed by atoms with van der Waals surface area (Å²) in [6, 6.07) is 5.57. The third-order valence-corrected chi connectivity index (χ3v) is 2.14. The van der Waals surface area contributed by atoms with Gasteiger partial charge in [0.2, 0.25) is 12.6 Å². The monoisotopic (exact) mass is 204 g/mol. The van der Waals surface area contributed by atoms with Crippen LogP contribution in [0.15, 0.2) is 18.2 Å². The third kappa shape index (κ3) is 1.30. The zero-order valence-corrected chi connectivity index (χ0v) is 8.04. The Hall–Kier alpha value is -2.11. The van der Waals surface area contributed by atoms with Crippen molar-refractivity contribution in [1.29, 1.82) is 0 Å². The summed E-state index contributed by atoms with van der Waals surface area (Å²) in [4.78, 5) is 1.42. The highest BCUT2D eigenvalue weighted by Crippen LogP contribution is 2.34. The summed E-state index contributed by atoms with van der Waals surface area (Å²) in [5.74, 6) is 2.05. The first-order valence-electron chi connectivity index (χ1n) is 4.47. The van der Waals surface area contributed by atoms with Gasteiger partial charge in [0.15, 0.2) is 11.5 Å². The van der Waals surface area contributed by atoms with Gasteiger partial charge in [-0.25, -0.2) is 0 Å². The molecule has 1 aromatic carbocycles. The van der Waals surface area contributed by atoms with Crippen LogP contribution in [0.2, 0.25) is 0 Å². The smallest absolute Gasteiger partial charge is 0.231 e. The molecule has 0 fully saturated rings. The van der Waals surface area contributed by atoms with Crippen molar-refractivity contribution < 1.29 is 9.47 Å². The van der Waals surface area contributed by atoms with Gasteiger partial charge < -0.3 is 9.47 Å². The van der Waals surface area contributed by atoms with E-state index in [1.54, 1.807) is 7.05 Å². The van der Waals surface area contributed by atoms with Crippen LogP contribution < -0.4 is 9.47 Å². The second kappa shape index (κ2) is 2.94. The Kier molecular flexibility index (Phi) is 1.61. The van der Waals surface area contributed by atoms with E-state index in [0.717, 1.165) is 17.1 Å². The summed E-state index contributed by atoms with van der Waals surface area (Å²) in [6.45, 7) is 0.271. The van der Waals surface area contributed by atoms with E-state index in [4.69, 9.17) is 9.47 Å². The number of aryl methyl sites for hydroxylation is 1. The fraction of sp³-hybridized carbons (Fsp3) is 0.222. The van der Waals surface area contributed by atoms with E-state index in [0.29, 0.717) is 5.82 Å². The number of aromatic nitrogens is 4. The largest absolute Gasteiger partial charge is 0.454 e. The lowest BCUT2D eigenvalue weighted by molar-refractivity contribution is 0.174. The summed E-state index contributed by atoms with van der Waals surface area (Å²) in [5.41, 5.74) is 0.868. The van der Waals surface area contributed by atoms with Crippen molar-refractivity contribution in [3.8, 4) is 22.9 Å². The molecule has 0 bridgehead atoms. The lowest BCUT2D eigenvalue weighted by atomic mass is 10.2. The second-order valence-electron chi connectivity index (χ2n) is 3.17. The first kappa shape index (κ1) is 8.22. The van der Waals surface area contributed by atoms with E-state index in [9.17, 15) is 0 Å². The second-order valence-corrected chi connectivity index (χ2v) is 3.17. The van der Waals surface area contributed by atoms with Gasteiger partial charge in [0.05, 0.1) is 7.05 Å².